The largest absolute Gasteiger partial charge is 0.507 e. The predicted molar refractivity (Wildman–Crippen MR) is 92.2 cm³/mol. The van der Waals surface area contributed by atoms with Crippen LogP contribution in [-0.2, 0) is 0 Å². The standard InChI is InChI=1S/C19H20O5/c1-11-17(21)12(2)19(24-4)16(18(11)22)15(20)10-7-13-5-8-14(23-3)9-6-13/h5-10,21-22H,1-4H3/b10-7+. The van der Waals surface area contributed by atoms with Gasteiger partial charge in [-0.05, 0) is 37.6 Å². The third-order valence-electron chi connectivity index (χ3n) is 3.86. The first kappa shape index (κ1) is 17.4. The van der Waals surface area contributed by atoms with Crippen molar-refractivity contribution in [3.05, 3.63) is 52.6 Å². The molecule has 0 radical (unpaired) electrons. The summed E-state index contributed by atoms with van der Waals surface area (Å²) in [6.07, 6.45) is 2.99. The molecule has 5 heteroatoms. The molecule has 0 fully saturated rings. The molecule has 0 atom stereocenters. The molecule has 0 unspecified atom stereocenters. The van der Waals surface area contributed by atoms with Gasteiger partial charge in [-0.2, -0.15) is 0 Å². The second-order valence-corrected chi connectivity index (χ2v) is 5.33. The number of ketones is 1. The van der Waals surface area contributed by atoms with Crippen molar-refractivity contribution in [1.82, 2.24) is 0 Å². The summed E-state index contributed by atoms with van der Waals surface area (Å²) in [5.41, 5.74) is 1.51. The summed E-state index contributed by atoms with van der Waals surface area (Å²) in [5, 5.41) is 20.2. The lowest BCUT2D eigenvalue weighted by molar-refractivity contribution is 0.104. The number of ether oxygens (including phenoxy) is 2. The Labute approximate surface area is 140 Å². The fourth-order valence-electron chi connectivity index (χ4n) is 2.44. The van der Waals surface area contributed by atoms with E-state index < -0.39 is 5.78 Å². The van der Waals surface area contributed by atoms with E-state index >= 15 is 0 Å². The van der Waals surface area contributed by atoms with Gasteiger partial charge in [0.05, 0.1) is 14.2 Å². The highest BCUT2D eigenvalue weighted by molar-refractivity contribution is 6.11. The van der Waals surface area contributed by atoms with Crippen molar-refractivity contribution >= 4 is 11.9 Å². The van der Waals surface area contributed by atoms with E-state index in [0.717, 1.165) is 11.3 Å². The molecule has 2 aromatic rings. The van der Waals surface area contributed by atoms with E-state index in [1.165, 1.54) is 13.2 Å². The first-order chi connectivity index (χ1) is 11.4. The van der Waals surface area contributed by atoms with Crippen LogP contribution < -0.4 is 9.47 Å². The molecule has 126 valence electrons. The molecule has 0 aliphatic heterocycles. The predicted octanol–water partition coefficient (Wildman–Crippen LogP) is 3.63. The molecule has 0 aliphatic carbocycles. The lowest BCUT2D eigenvalue weighted by atomic mass is 9.98. The molecule has 0 saturated heterocycles. The lowest BCUT2D eigenvalue weighted by Crippen LogP contribution is -2.03. The van der Waals surface area contributed by atoms with Gasteiger partial charge in [-0.1, -0.05) is 18.2 Å². The molecule has 24 heavy (non-hydrogen) atoms. The Kier molecular flexibility index (Phi) is 5.14. The fourth-order valence-corrected chi connectivity index (χ4v) is 2.44. The monoisotopic (exact) mass is 328 g/mol. The summed E-state index contributed by atoms with van der Waals surface area (Å²) < 4.78 is 10.3. The van der Waals surface area contributed by atoms with Crippen LogP contribution >= 0.6 is 0 Å². The summed E-state index contributed by atoms with van der Waals surface area (Å²) in [5.74, 6) is 0.119. The highest BCUT2D eigenvalue weighted by atomic mass is 16.5. The van der Waals surface area contributed by atoms with Crippen LogP contribution in [0.1, 0.15) is 27.0 Å². The summed E-state index contributed by atoms with van der Waals surface area (Å²) in [7, 11) is 2.97. The highest BCUT2D eigenvalue weighted by Crippen LogP contribution is 2.41. The average Bonchev–Trinajstić information content (AvgIpc) is 2.61. The maximum Gasteiger partial charge on any atom is 0.193 e. The Bertz CT molecular complexity index is 789. The normalized spacial score (nSPS) is 10.8. The van der Waals surface area contributed by atoms with Crippen molar-refractivity contribution in [3.8, 4) is 23.0 Å². The van der Waals surface area contributed by atoms with E-state index in [1.807, 2.05) is 12.1 Å². The number of phenolic OH excluding ortho intramolecular Hbond substituents is 2. The van der Waals surface area contributed by atoms with Gasteiger partial charge in [-0.3, -0.25) is 4.79 Å². The first-order valence-electron chi connectivity index (χ1n) is 7.36. The van der Waals surface area contributed by atoms with Crippen LogP contribution in [0.3, 0.4) is 0 Å². The number of hydrogen-bond acceptors (Lipinski definition) is 5. The van der Waals surface area contributed by atoms with Gasteiger partial charge in [0.15, 0.2) is 5.78 Å². The number of rotatable bonds is 5. The Morgan fingerprint density at radius 2 is 1.58 bits per heavy atom. The molecule has 2 rings (SSSR count). The highest BCUT2D eigenvalue weighted by Gasteiger charge is 2.23. The number of phenols is 2. The van der Waals surface area contributed by atoms with Crippen LogP contribution in [0.5, 0.6) is 23.0 Å². The third-order valence-corrected chi connectivity index (χ3v) is 3.86. The van der Waals surface area contributed by atoms with Gasteiger partial charge in [-0.25, -0.2) is 0 Å². The SMILES string of the molecule is COc1ccc(/C=C/C(=O)c2c(O)c(C)c(O)c(C)c2OC)cc1. The van der Waals surface area contributed by atoms with Crippen LogP contribution in [-0.4, -0.2) is 30.2 Å². The Morgan fingerprint density at radius 3 is 2.12 bits per heavy atom. The molecule has 0 bridgehead atoms. The molecular formula is C19H20O5. The third kappa shape index (κ3) is 3.20. The maximum atomic E-state index is 12.5. The number of benzene rings is 2. The van der Waals surface area contributed by atoms with Crippen molar-refractivity contribution in [2.24, 2.45) is 0 Å². The molecule has 0 amide bonds. The number of hydrogen-bond donors (Lipinski definition) is 2. The van der Waals surface area contributed by atoms with E-state index in [0.29, 0.717) is 5.56 Å². The van der Waals surface area contributed by atoms with Gasteiger partial charge < -0.3 is 19.7 Å². The minimum atomic E-state index is -0.411. The van der Waals surface area contributed by atoms with Gasteiger partial charge in [0.1, 0.15) is 28.6 Å². The minimum absolute atomic E-state index is 0.0371. The second-order valence-electron chi connectivity index (χ2n) is 5.33. The molecule has 0 aliphatic rings. The zero-order chi connectivity index (χ0) is 17.9. The van der Waals surface area contributed by atoms with Crippen LogP contribution in [0.4, 0.5) is 0 Å². The van der Waals surface area contributed by atoms with E-state index in [9.17, 15) is 15.0 Å². The molecule has 2 N–H and O–H groups in total. The van der Waals surface area contributed by atoms with Gasteiger partial charge in [0, 0.05) is 11.1 Å². The number of carbonyl (C=O) groups excluding carboxylic acids is 1. The molecule has 2 aromatic carbocycles. The van der Waals surface area contributed by atoms with Gasteiger partial charge in [-0.15, -0.1) is 0 Å². The summed E-state index contributed by atoms with van der Waals surface area (Å²) in [6.45, 7) is 3.17. The van der Waals surface area contributed by atoms with Crippen molar-refractivity contribution < 1.29 is 24.5 Å². The molecule has 0 spiro atoms. The van der Waals surface area contributed by atoms with Crippen LogP contribution in [0.25, 0.3) is 6.08 Å². The summed E-state index contributed by atoms with van der Waals surface area (Å²) in [6, 6.07) is 7.20. The van der Waals surface area contributed by atoms with Crippen molar-refractivity contribution in [1.29, 1.82) is 0 Å². The van der Waals surface area contributed by atoms with Gasteiger partial charge in [0.25, 0.3) is 0 Å². The van der Waals surface area contributed by atoms with E-state index in [4.69, 9.17) is 9.47 Å². The topological polar surface area (TPSA) is 76.0 Å². The van der Waals surface area contributed by atoms with E-state index in [2.05, 4.69) is 0 Å². The molecular weight excluding hydrogens is 308 g/mol. The Morgan fingerprint density at radius 1 is 0.958 bits per heavy atom. The number of allylic oxidation sites excluding steroid dienone is 1. The zero-order valence-electron chi connectivity index (χ0n) is 14.1. The first-order valence-corrected chi connectivity index (χ1v) is 7.36. The number of methoxy groups -OCH3 is 2. The number of carbonyl (C=O) groups is 1. The molecule has 0 aromatic heterocycles. The van der Waals surface area contributed by atoms with Crippen LogP contribution in [0, 0.1) is 13.8 Å². The lowest BCUT2D eigenvalue weighted by Gasteiger charge is -2.15. The zero-order valence-corrected chi connectivity index (χ0v) is 14.1. The quantitative estimate of drug-likeness (QED) is 0.647. The van der Waals surface area contributed by atoms with Gasteiger partial charge >= 0.3 is 0 Å². The van der Waals surface area contributed by atoms with E-state index in [-0.39, 0.29) is 28.4 Å². The second kappa shape index (κ2) is 7.08. The summed E-state index contributed by atoms with van der Waals surface area (Å²) in [4.78, 5) is 12.5. The molecule has 0 heterocycles. The summed E-state index contributed by atoms with van der Waals surface area (Å²) >= 11 is 0. The Balaban J connectivity index is 2.40. The van der Waals surface area contributed by atoms with Crippen LogP contribution in [0.15, 0.2) is 30.3 Å². The Hall–Kier alpha value is -2.95. The average molecular weight is 328 g/mol. The molecule has 5 nitrogen and oxygen atoms in total. The van der Waals surface area contributed by atoms with Crippen LogP contribution in [0.2, 0.25) is 0 Å². The van der Waals surface area contributed by atoms with Crippen molar-refractivity contribution in [2.75, 3.05) is 14.2 Å². The minimum Gasteiger partial charge on any atom is -0.507 e. The molecule has 0 saturated carbocycles. The van der Waals surface area contributed by atoms with Crippen molar-refractivity contribution in [2.45, 2.75) is 13.8 Å². The number of aromatic hydroxyl groups is 2. The fraction of sp³-hybridized carbons (Fsp3) is 0.211. The van der Waals surface area contributed by atoms with Gasteiger partial charge in [0.2, 0.25) is 0 Å². The van der Waals surface area contributed by atoms with E-state index in [1.54, 1.807) is 39.2 Å². The van der Waals surface area contributed by atoms with Crippen molar-refractivity contribution in [3.63, 3.8) is 0 Å². The smallest absolute Gasteiger partial charge is 0.193 e. The maximum absolute atomic E-state index is 12.5.